The first-order chi connectivity index (χ1) is 15.6. The summed E-state index contributed by atoms with van der Waals surface area (Å²) in [5.41, 5.74) is 1.77. The molecule has 172 valence electrons. The van der Waals surface area contributed by atoms with Gasteiger partial charge in [0.2, 0.25) is 0 Å². The number of rotatable bonds is 9. The quantitative estimate of drug-likeness (QED) is 0.353. The van der Waals surface area contributed by atoms with Gasteiger partial charge in [-0.05, 0) is 41.8 Å². The maximum absolute atomic E-state index is 14.1. The fourth-order valence-corrected chi connectivity index (χ4v) is 3.44. The van der Waals surface area contributed by atoms with E-state index in [0.29, 0.717) is 16.1 Å². The van der Waals surface area contributed by atoms with Crippen molar-refractivity contribution in [1.29, 1.82) is 0 Å². The standard InChI is InChI=1S/C23H21ClFN3O5/c1-12(29)19-11-20(28-27-19)22(31)26-16(10-21(30)23(32)33)8-13-2-4-14(5-3-13)17-9-15(24)6-7-18(17)25/h2-7,9,11,16,21,30H,8,10H2,1H3,(H,26,31)(H,27,28)(H,32,33). The van der Waals surface area contributed by atoms with Crippen LogP contribution in [-0.4, -0.2) is 50.2 Å². The first-order valence-corrected chi connectivity index (χ1v) is 10.3. The van der Waals surface area contributed by atoms with Crippen LogP contribution in [0.4, 0.5) is 4.39 Å². The molecule has 0 spiro atoms. The number of aliphatic hydroxyl groups is 1. The number of carbonyl (C=O) groups is 3. The van der Waals surface area contributed by atoms with E-state index in [0.717, 1.165) is 5.56 Å². The number of carboxylic acid groups (broad SMARTS) is 1. The maximum Gasteiger partial charge on any atom is 0.332 e. The number of carboxylic acids is 1. The van der Waals surface area contributed by atoms with E-state index in [1.165, 1.54) is 31.2 Å². The predicted molar refractivity (Wildman–Crippen MR) is 119 cm³/mol. The molecular formula is C23H21ClFN3O5. The number of aliphatic carboxylic acids is 1. The van der Waals surface area contributed by atoms with Crippen LogP contribution in [0.5, 0.6) is 0 Å². The summed E-state index contributed by atoms with van der Waals surface area (Å²) in [5, 5.41) is 28.1. The molecule has 33 heavy (non-hydrogen) atoms. The molecule has 0 aliphatic rings. The van der Waals surface area contributed by atoms with Gasteiger partial charge >= 0.3 is 5.97 Å². The zero-order valence-corrected chi connectivity index (χ0v) is 18.3. The molecule has 2 unspecified atom stereocenters. The predicted octanol–water partition coefficient (Wildman–Crippen LogP) is 3.25. The zero-order valence-electron chi connectivity index (χ0n) is 17.5. The molecule has 0 radical (unpaired) electrons. The lowest BCUT2D eigenvalue weighted by molar-refractivity contribution is -0.147. The van der Waals surface area contributed by atoms with Gasteiger partial charge in [0.05, 0.1) is 0 Å². The van der Waals surface area contributed by atoms with Gasteiger partial charge in [0, 0.05) is 30.0 Å². The van der Waals surface area contributed by atoms with Crippen LogP contribution in [0.25, 0.3) is 11.1 Å². The van der Waals surface area contributed by atoms with Gasteiger partial charge in [-0.1, -0.05) is 35.9 Å². The van der Waals surface area contributed by atoms with Crippen LogP contribution in [0.1, 0.15) is 39.9 Å². The lowest BCUT2D eigenvalue weighted by atomic mass is 9.97. The Labute approximate surface area is 193 Å². The Morgan fingerprint density at radius 3 is 2.45 bits per heavy atom. The lowest BCUT2D eigenvalue weighted by Gasteiger charge is -2.20. The number of amides is 1. The van der Waals surface area contributed by atoms with E-state index in [1.54, 1.807) is 24.3 Å². The topological polar surface area (TPSA) is 132 Å². The highest BCUT2D eigenvalue weighted by Crippen LogP contribution is 2.26. The van der Waals surface area contributed by atoms with Gasteiger partial charge < -0.3 is 15.5 Å². The Bertz CT molecular complexity index is 1180. The van der Waals surface area contributed by atoms with Crippen LogP contribution in [-0.2, 0) is 11.2 Å². The molecule has 3 aromatic rings. The second-order valence-electron chi connectivity index (χ2n) is 7.51. The first kappa shape index (κ1) is 24.1. The number of aromatic nitrogens is 2. The van der Waals surface area contributed by atoms with Crippen molar-refractivity contribution >= 4 is 29.3 Å². The normalized spacial score (nSPS) is 12.7. The number of ketones is 1. The second-order valence-corrected chi connectivity index (χ2v) is 7.94. The molecule has 2 aromatic carbocycles. The highest BCUT2D eigenvalue weighted by Gasteiger charge is 2.23. The minimum atomic E-state index is -1.69. The second kappa shape index (κ2) is 10.4. The number of aromatic amines is 1. The molecule has 0 saturated heterocycles. The summed E-state index contributed by atoms with van der Waals surface area (Å²) in [5.74, 6) is -2.76. The number of benzene rings is 2. The number of Topliss-reactive ketones (excluding diaryl/α,β-unsaturated/α-hetero) is 1. The van der Waals surface area contributed by atoms with Gasteiger partial charge in [-0.15, -0.1) is 0 Å². The summed E-state index contributed by atoms with van der Waals surface area (Å²) < 4.78 is 14.1. The Balaban J connectivity index is 1.77. The van der Waals surface area contributed by atoms with Gasteiger partial charge in [0.25, 0.3) is 5.91 Å². The van der Waals surface area contributed by atoms with E-state index in [9.17, 15) is 23.9 Å². The minimum absolute atomic E-state index is 0.0294. The number of carbonyl (C=O) groups excluding carboxylic acids is 2. The molecule has 0 aliphatic heterocycles. The molecule has 0 aliphatic carbocycles. The van der Waals surface area contributed by atoms with Gasteiger partial charge in [-0.3, -0.25) is 14.7 Å². The van der Waals surface area contributed by atoms with E-state index in [4.69, 9.17) is 16.7 Å². The van der Waals surface area contributed by atoms with Crippen molar-refractivity contribution < 1.29 is 29.0 Å². The van der Waals surface area contributed by atoms with Crippen molar-refractivity contribution in [3.05, 3.63) is 76.3 Å². The van der Waals surface area contributed by atoms with E-state index in [1.807, 2.05) is 0 Å². The first-order valence-electron chi connectivity index (χ1n) is 9.96. The van der Waals surface area contributed by atoms with E-state index in [-0.39, 0.29) is 30.0 Å². The van der Waals surface area contributed by atoms with Gasteiger partial charge in [0.15, 0.2) is 11.9 Å². The molecule has 0 fully saturated rings. The summed E-state index contributed by atoms with van der Waals surface area (Å²) in [6, 6.07) is 11.6. The average molecular weight is 474 g/mol. The third-order valence-electron chi connectivity index (χ3n) is 4.99. The smallest absolute Gasteiger partial charge is 0.332 e. The minimum Gasteiger partial charge on any atom is -0.479 e. The van der Waals surface area contributed by atoms with Crippen molar-refractivity contribution in [3.8, 4) is 11.1 Å². The Hall–Kier alpha value is -3.56. The SMILES string of the molecule is CC(=O)c1cc(C(=O)NC(Cc2ccc(-c3cc(Cl)ccc3F)cc2)CC(O)C(=O)O)[nH]n1. The molecule has 8 nitrogen and oxygen atoms in total. The lowest BCUT2D eigenvalue weighted by Crippen LogP contribution is -2.40. The average Bonchev–Trinajstić information content (AvgIpc) is 3.27. The number of nitrogens with one attached hydrogen (secondary N) is 2. The van der Waals surface area contributed by atoms with E-state index >= 15 is 0 Å². The Morgan fingerprint density at radius 2 is 1.85 bits per heavy atom. The molecule has 4 N–H and O–H groups in total. The number of hydrogen-bond donors (Lipinski definition) is 4. The monoisotopic (exact) mass is 473 g/mol. The fourth-order valence-electron chi connectivity index (χ4n) is 3.27. The molecule has 3 rings (SSSR count). The van der Waals surface area contributed by atoms with Crippen molar-refractivity contribution in [2.24, 2.45) is 0 Å². The number of H-pyrrole nitrogens is 1. The van der Waals surface area contributed by atoms with Crippen LogP contribution in [0.2, 0.25) is 5.02 Å². The van der Waals surface area contributed by atoms with Crippen molar-refractivity contribution in [1.82, 2.24) is 15.5 Å². The van der Waals surface area contributed by atoms with Gasteiger partial charge in [0.1, 0.15) is 17.2 Å². The maximum atomic E-state index is 14.1. The molecule has 0 saturated carbocycles. The number of aliphatic hydroxyl groups excluding tert-OH is 1. The van der Waals surface area contributed by atoms with Crippen molar-refractivity contribution in [2.45, 2.75) is 31.9 Å². The summed E-state index contributed by atoms with van der Waals surface area (Å²) in [7, 11) is 0. The fraction of sp³-hybridized carbons (Fsp3) is 0.217. The largest absolute Gasteiger partial charge is 0.479 e. The van der Waals surface area contributed by atoms with Gasteiger partial charge in [-0.2, -0.15) is 5.10 Å². The Kier molecular flexibility index (Phi) is 7.57. The summed E-state index contributed by atoms with van der Waals surface area (Å²) >= 11 is 5.95. The highest BCUT2D eigenvalue weighted by molar-refractivity contribution is 6.30. The van der Waals surface area contributed by atoms with Crippen molar-refractivity contribution in [2.75, 3.05) is 0 Å². The summed E-state index contributed by atoms with van der Waals surface area (Å²) in [4.78, 5) is 35.1. The van der Waals surface area contributed by atoms with Crippen LogP contribution in [0.15, 0.2) is 48.5 Å². The molecule has 2 atom stereocenters. The number of nitrogens with zero attached hydrogens (tertiary/aromatic N) is 1. The van der Waals surface area contributed by atoms with Gasteiger partial charge in [-0.25, -0.2) is 9.18 Å². The third kappa shape index (κ3) is 6.24. The highest BCUT2D eigenvalue weighted by atomic mass is 35.5. The van der Waals surface area contributed by atoms with E-state index in [2.05, 4.69) is 15.5 Å². The van der Waals surface area contributed by atoms with Crippen LogP contribution in [0, 0.1) is 5.82 Å². The molecular weight excluding hydrogens is 453 g/mol. The van der Waals surface area contributed by atoms with Crippen LogP contribution < -0.4 is 5.32 Å². The van der Waals surface area contributed by atoms with Crippen LogP contribution >= 0.6 is 11.6 Å². The molecule has 1 amide bonds. The number of halogens is 2. The summed E-state index contributed by atoms with van der Waals surface area (Å²) in [6.45, 7) is 1.31. The number of hydrogen-bond acceptors (Lipinski definition) is 5. The summed E-state index contributed by atoms with van der Waals surface area (Å²) in [6.07, 6.45) is -1.74. The third-order valence-corrected chi connectivity index (χ3v) is 5.22. The molecule has 10 heteroatoms. The molecule has 1 heterocycles. The molecule has 0 bridgehead atoms. The van der Waals surface area contributed by atoms with Crippen molar-refractivity contribution in [3.63, 3.8) is 0 Å². The molecule has 1 aromatic heterocycles. The van der Waals surface area contributed by atoms with Crippen LogP contribution in [0.3, 0.4) is 0 Å². The zero-order chi connectivity index (χ0) is 24.1. The Morgan fingerprint density at radius 1 is 1.15 bits per heavy atom. The van der Waals surface area contributed by atoms with E-state index < -0.39 is 29.8 Å².